The van der Waals surface area contributed by atoms with Crippen molar-refractivity contribution in [1.29, 1.82) is 10.8 Å². The van der Waals surface area contributed by atoms with Crippen LogP contribution in [0.3, 0.4) is 0 Å². The molecule has 1 fully saturated rings. The fourth-order valence-corrected chi connectivity index (χ4v) is 5.18. The quantitative estimate of drug-likeness (QED) is 0.281. The van der Waals surface area contributed by atoms with E-state index in [2.05, 4.69) is 9.71 Å². The van der Waals surface area contributed by atoms with Crippen LogP contribution in [0.4, 0.5) is 18.0 Å². The lowest BCUT2D eigenvalue weighted by molar-refractivity contribution is 0.176. The van der Waals surface area contributed by atoms with Gasteiger partial charge in [0, 0.05) is 43.8 Å². The highest BCUT2D eigenvalue weighted by Gasteiger charge is 2.43. The molecule has 1 aliphatic carbocycles. The van der Waals surface area contributed by atoms with Crippen LogP contribution >= 0.6 is 23.7 Å². The number of imidazole rings is 1. The summed E-state index contributed by atoms with van der Waals surface area (Å²) < 4.78 is 43.9. The monoisotopic (exact) mass is 525 g/mol. The molecule has 35 heavy (non-hydrogen) atoms. The lowest BCUT2D eigenvalue weighted by Crippen LogP contribution is -2.41. The summed E-state index contributed by atoms with van der Waals surface area (Å²) >= 11 is 1.65. The highest BCUT2D eigenvalue weighted by atomic mass is 32.2. The molecule has 8 nitrogen and oxygen atoms in total. The molecule has 0 spiro atoms. The van der Waals surface area contributed by atoms with Crippen LogP contribution in [0, 0.1) is 10.8 Å². The third kappa shape index (κ3) is 5.51. The summed E-state index contributed by atoms with van der Waals surface area (Å²) in [6.45, 7) is 0.508. The standard InChI is InChI=1S/C22H26F3N7OS2/c1-30(2)21(33)31-7-3-13(4-8-31)15-9-14(35-29-22(12-23)5-6-22)11-32-16(15)10-28-20(32)19(27)34-18(26)17(24)25/h3,9-11,17,26-27,29H,4-8,12H2,1-2H3. The van der Waals surface area contributed by atoms with Gasteiger partial charge in [0.2, 0.25) is 0 Å². The Morgan fingerprint density at radius 2 is 2.09 bits per heavy atom. The molecule has 2 aromatic rings. The van der Waals surface area contributed by atoms with E-state index in [1.54, 1.807) is 35.8 Å². The molecule has 0 radical (unpaired) electrons. The highest BCUT2D eigenvalue weighted by Crippen LogP contribution is 2.39. The first-order valence-corrected chi connectivity index (χ1v) is 12.6. The summed E-state index contributed by atoms with van der Waals surface area (Å²) in [5.41, 5.74) is 2.00. The number of thioether (sulfide) groups is 1. The fourth-order valence-electron chi connectivity index (χ4n) is 3.70. The fraction of sp³-hybridized carbons (Fsp3) is 0.455. The van der Waals surface area contributed by atoms with Crippen molar-refractivity contribution in [3.05, 3.63) is 35.9 Å². The first-order chi connectivity index (χ1) is 16.6. The predicted molar refractivity (Wildman–Crippen MR) is 134 cm³/mol. The largest absolute Gasteiger partial charge is 0.331 e. The molecular formula is C22H26F3N7OS2. The second kappa shape index (κ2) is 10.2. The Morgan fingerprint density at radius 3 is 2.66 bits per heavy atom. The Hall–Kier alpha value is -2.51. The highest BCUT2D eigenvalue weighted by molar-refractivity contribution is 8.26. The summed E-state index contributed by atoms with van der Waals surface area (Å²) in [7, 11) is 3.41. The van der Waals surface area contributed by atoms with Gasteiger partial charge in [0.1, 0.15) is 16.8 Å². The van der Waals surface area contributed by atoms with Crippen molar-refractivity contribution in [1.82, 2.24) is 23.9 Å². The molecule has 1 saturated carbocycles. The van der Waals surface area contributed by atoms with Crippen molar-refractivity contribution >= 4 is 50.9 Å². The zero-order valence-electron chi connectivity index (χ0n) is 19.3. The Morgan fingerprint density at radius 1 is 1.34 bits per heavy atom. The topological polar surface area (TPSA) is 101 Å². The van der Waals surface area contributed by atoms with Crippen LogP contribution in [0.15, 0.2) is 29.4 Å². The molecule has 0 aromatic carbocycles. The summed E-state index contributed by atoms with van der Waals surface area (Å²) in [6.07, 6.45) is 4.43. The normalized spacial score (nSPS) is 17.0. The van der Waals surface area contributed by atoms with Crippen LogP contribution < -0.4 is 4.72 Å². The number of carbonyl (C=O) groups excluding carboxylic acids is 1. The summed E-state index contributed by atoms with van der Waals surface area (Å²) in [6, 6.07) is 1.89. The van der Waals surface area contributed by atoms with Crippen LogP contribution in [-0.2, 0) is 0 Å². The first kappa shape index (κ1) is 25.6. The van der Waals surface area contributed by atoms with E-state index >= 15 is 0 Å². The number of amides is 2. The number of rotatable bonds is 7. The number of alkyl halides is 3. The summed E-state index contributed by atoms with van der Waals surface area (Å²) in [5.74, 6) is 0.145. The van der Waals surface area contributed by atoms with E-state index < -0.39 is 23.7 Å². The van der Waals surface area contributed by atoms with Crippen molar-refractivity contribution < 1.29 is 18.0 Å². The van der Waals surface area contributed by atoms with Gasteiger partial charge >= 0.3 is 6.03 Å². The molecule has 13 heteroatoms. The van der Waals surface area contributed by atoms with E-state index in [0.29, 0.717) is 36.8 Å². The number of carbonyl (C=O) groups is 1. The van der Waals surface area contributed by atoms with E-state index in [1.807, 2.05) is 12.1 Å². The average molecular weight is 526 g/mol. The molecular weight excluding hydrogens is 499 g/mol. The molecule has 3 heterocycles. The van der Waals surface area contributed by atoms with Crippen molar-refractivity contribution in [3.63, 3.8) is 0 Å². The smallest absolute Gasteiger partial charge is 0.319 e. The number of hydrogen-bond acceptors (Lipinski definition) is 7. The van der Waals surface area contributed by atoms with Gasteiger partial charge in [-0.1, -0.05) is 6.08 Å². The molecule has 3 N–H and O–H groups in total. The van der Waals surface area contributed by atoms with E-state index in [0.717, 1.165) is 28.9 Å². The third-order valence-corrected chi connectivity index (χ3v) is 7.71. The van der Waals surface area contributed by atoms with Crippen molar-refractivity contribution in [2.75, 3.05) is 33.9 Å². The molecule has 2 amide bonds. The number of halogens is 3. The third-order valence-electron chi connectivity index (χ3n) is 5.93. The number of fused-ring (bicyclic) bond motifs is 1. The van der Waals surface area contributed by atoms with Gasteiger partial charge in [0.05, 0.1) is 17.3 Å². The van der Waals surface area contributed by atoms with Gasteiger partial charge < -0.3 is 9.80 Å². The number of nitrogens with one attached hydrogen (secondary N) is 3. The van der Waals surface area contributed by atoms with Gasteiger partial charge in [0.25, 0.3) is 6.43 Å². The molecule has 0 bridgehead atoms. The molecule has 0 atom stereocenters. The molecule has 4 rings (SSSR count). The summed E-state index contributed by atoms with van der Waals surface area (Å²) in [5, 5.41) is 14.5. The molecule has 2 aliphatic rings. The molecule has 0 saturated heterocycles. The Kier molecular flexibility index (Phi) is 7.48. The average Bonchev–Trinajstić information content (AvgIpc) is 3.51. The minimum Gasteiger partial charge on any atom is -0.331 e. The predicted octanol–water partition coefficient (Wildman–Crippen LogP) is 4.50. The van der Waals surface area contributed by atoms with Crippen LogP contribution in [0.2, 0.25) is 0 Å². The zero-order valence-corrected chi connectivity index (χ0v) is 20.9. The SMILES string of the molecule is CN(C)C(=O)N1CC=C(c2cc(SNC3(CF)CC3)cn3c(C(=N)SC(=N)C(F)F)ncc23)CC1. The van der Waals surface area contributed by atoms with E-state index in [-0.39, 0.29) is 16.9 Å². The number of nitrogens with zero attached hydrogens (tertiary/aromatic N) is 4. The Labute approximate surface area is 209 Å². The zero-order chi connectivity index (χ0) is 25.3. The maximum Gasteiger partial charge on any atom is 0.319 e. The molecule has 2 aromatic heterocycles. The van der Waals surface area contributed by atoms with Gasteiger partial charge in [-0.3, -0.25) is 19.9 Å². The van der Waals surface area contributed by atoms with E-state index in [4.69, 9.17) is 10.8 Å². The minimum atomic E-state index is -2.96. The maximum absolute atomic E-state index is 13.4. The van der Waals surface area contributed by atoms with Gasteiger partial charge in [-0.05, 0) is 54.6 Å². The number of pyridine rings is 1. The lowest BCUT2D eigenvalue weighted by atomic mass is 9.99. The molecule has 1 aliphatic heterocycles. The summed E-state index contributed by atoms with van der Waals surface area (Å²) in [4.78, 5) is 20.6. The van der Waals surface area contributed by atoms with Crippen LogP contribution in [-0.4, -0.2) is 81.1 Å². The molecule has 188 valence electrons. The van der Waals surface area contributed by atoms with Crippen LogP contribution in [0.5, 0.6) is 0 Å². The van der Waals surface area contributed by atoms with E-state index in [1.165, 1.54) is 16.8 Å². The van der Waals surface area contributed by atoms with Gasteiger partial charge in [-0.15, -0.1) is 0 Å². The van der Waals surface area contributed by atoms with Crippen LogP contribution in [0.1, 0.15) is 30.7 Å². The van der Waals surface area contributed by atoms with Crippen molar-refractivity contribution in [3.8, 4) is 0 Å². The Balaban J connectivity index is 1.69. The van der Waals surface area contributed by atoms with Gasteiger partial charge in [0.15, 0.2) is 5.82 Å². The van der Waals surface area contributed by atoms with Crippen molar-refractivity contribution in [2.24, 2.45) is 0 Å². The number of hydrogen-bond donors (Lipinski definition) is 3. The Bertz CT molecular complexity index is 1190. The second-order valence-electron chi connectivity index (χ2n) is 8.74. The first-order valence-electron chi connectivity index (χ1n) is 10.9. The van der Waals surface area contributed by atoms with Crippen LogP contribution in [0.25, 0.3) is 11.1 Å². The lowest BCUT2D eigenvalue weighted by Gasteiger charge is -2.29. The van der Waals surface area contributed by atoms with Gasteiger partial charge in [-0.2, -0.15) is 0 Å². The maximum atomic E-state index is 13.4. The molecule has 0 unspecified atom stereocenters. The minimum absolute atomic E-state index is 0.0708. The van der Waals surface area contributed by atoms with Crippen molar-refractivity contribution in [2.45, 2.75) is 36.1 Å². The number of aromatic nitrogens is 2. The number of urea groups is 1. The van der Waals surface area contributed by atoms with E-state index in [9.17, 15) is 18.0 Å². The van der Waals surface area contributed by atoms with Gasteiger partial charge in [-0.25, -0.2) is 22.9 Å². The second-order valence-corrected chi connectivity index (χ2v) is 10.7.